The lowest BCUT2D eigenvalue weighted by molar-refractivity contribution is -0.767. The standard InChI is InChI=1S/C21H25N9O6S2/c1-3-6-36-26-12(16-25-21(23)38-27-16)17(32)24-13-18(33)30-14(20(34)35)11(9-37-19(13)30)8-28-7-10(2)15(22)29(28)4-5-31/h3,7,13,19,22,31H,1,4-6,8-9H2,2H3,(H4,23,24,25,27,32,34,35)/t13-,19-/m1/s1. The lowest BCUT2D eigenvalue weighted by Crippen LogP contribution is -2.71. The third-order valence-electron chi connectivity index (χ3n) is 5.74. The Kier molecular flexibility index (Phi) is 7.98. The van der Waals surface area contributed by atoms with Gasteiger partial charge in [0.15, 0.2) is 17.5 Å². The minimum atomic E-state index is -1.52. The first-order valence-electron chi connectivity index (χ1n) is 11.2. The molecule has 2 aliphatic rings. The van der Waals surface area contributed by atoms with Crippen molar-refractivity contribution in [3.8, 4) is 0 Å². The summed E-state index contributed by atoms with van der Waals surface area (Å²) in [7, 11) is 0. The molecule has 2 aromatic rings. The number of fused-ring (bicyclic) bond motifs is 1. The number of aliphatic carboxylic acids is 1. The fourth-order valence-electron chi connectivity index (χ4n) is 4.04. The number of hydrogen-bond acceptors (Lipinski definition) is 13. The maximum atomic E-state index is 13.1. The van der Waals surface area contributed by atoms with Crippen LogP contribution in [0.4, 0.5) is 10.9 Å². The number of amides is 2. The van der Waals surface area contributed by atoms with E-state index in [0.717, 1.165) is 22.0 Å². The highest BCUT2D eigenvalue weighted by atomic mass is 32.2. The van der Waals surface area contributed by atoms with Gasteiger partial charge in [-0.25, -0.2) is 0 Å². The highest BCUT2D eigenvalue weighted by molar-refractivity contribution is 8.00. The van der Waals surface area contributed by atoms with Gasteiger partial charge >= 0.3 is 0 Å². The largest absolute Gasteiger partial charge is 0.543 e. The third kappa shape index (κ3) is 5.07. The van der Waals surface area contributed by atoms with Gasteiger partial charge in [-0.2, -0.15) is 9.36 Å². The van der Waals surface area contributed by atoms with Crippen LogP contribution in [0.5, 0.6) is 0 Å². The Labute approximate surface area is 224 Å². The van der Waals surface area contributed by atoms with Crippen molar-refractivity contribution in [2.75, 3.05) is 30.4 Å². The summed E-state index contributed by atoms with van der Waals surface area (Å²) in [6, 6.07) is -1.03. The molecule has 0 aliphatic carbocycles. The predicted molar refractivity (Wildman–Crippen MR) is 135 cm³/mol. The van der Waals surface area contributed by atoms with Gasteiger partial charge < -0.3 is 36.6 Å². The number of β-lactam (4-membered cyclic amide) rings is 1. The zero-order valence-corrected chi connectivity index (χ0v) is 21.8. The Bertz CT molecular complexity index is 1350. The lowest BCUT2D eigenvalue weighted by atomic mass is 10.0. The predicted octanol–water partition coefficient (Wildman–Crippen LogP) is -2.90. The van der Waals surface area contributed by atoms with Crippen molar-refractivity contribution in [3.05, 3.63) is 41.5 Å². The molecule has 0 aromatic carbocycles. The topological polar surface area (TPSA) is 218 Å². The molecule has 1 saturated heterocycles. The molecule has 38 heavy (non-hydrogen) atoms. The van der Waals surface area contributed by atoms with E-state index in [1.807, 2.05) is 0 Å². The van der Waals surface area contributed by atoms with Crippen LogP contribution >= 0.6 is 23.3 Å². The van der Waals surface area contributed by atoms with Crippen LogP contribution in [0.15, 0.2) is 35.3 Å². The zero-order valence-electron chi connectivity index (χ0n) is 20.2. The van der Waals surface area contributed by atoms with Crippen molar-refractivity contribution in [1.29, 1.82) is 0 Å². The molecule has 2 aromatic heterocycles. The van der Waals surface area contributed by atoms with E-state index in [1.165, 1.54) is 17.8 Å². The van der Waals surface area contributed by atoms with Gasteiger partial charge in [0.2, 0.25) is 17.7 Å². The second-order valence-electron chi connectivity index (χ2n) is 8.22. The monoisotopic (exact) mass is 563 g/mol. The molecule has 2 amide bonds. The van der Waals surface area contributed by atoms with Crippen LogP contribution in [0.25, 0.3) is 0 Å². The van der Waals surface area contributed by atoms with E-state index in [2.05, 4.69) is 26.4 Å². The molecule has 202 valence electrons. The quantitative estimate of drug-likeness (QED) is 0.0543. The van der Waals surface area contributed by atoms with Crippen LogP contribution in [0.2, 0.25) is 0 Å². The number of aryl methyl sites for hydroxylation is 1. The van der Waals surface area contributed by atoms with Crippen molar-refractivity contribution in [1.82, 2.24) is 24.3 Å². The summed E-state index contributed by atoms with van der Waals surface area (Å²) in [5, 5.41) is 27.3. The minimum Gasteiger partial charge on any atom is -0.543 e. The Morgan fingerprint density at radius 3 is 2.87 bits per heavy atom. The fraction of sp³-hybridized carbons (Fsp3) is 0.381. The van der Waals surface area contributed by atoms with Gasteiger partial charge in [-0.15, -0.1) is 21.1 Å². The smallest absolute Gasteiger partial charge is 0.278 e. The van der Waals surface area contributed by atoms with Crippen molar-refractivity contribution in [2.24, 2.45) is 5.16 Å². The molecule has 17 heteroatoms. The summed E-state index contributed by atoms with van der Waals surface area (Å²) in [5.74, 6) is -2.34. The van der Waals surface area contributed by atoms with E-state index < -0.39 is 29.2 Å². The van der Waals surface area contributed by atoms with Crippen LogP contribution in [0.3, 0.4) is 0 Å². The Morgan fingerprint density at radius 2 is 2.24 bits per heavy atom. The van der Waals surface area contributed by atoms with Gasteiger partial charge in [-0.1, -0.05) is 17.8 Å². The molecule has 4 heterocycles. The van der Waals surface area contributed by atoms with E-state index in [-0.39, 0.29) is 54.4 Å². The van der Waals surface area contributed by atoms with E-state index in [9.17, 15) is 24.6 Å². The summed E-state index contributed by atoms with van der Waals surface area (Å²) in [6.07, 6.45) is 3.16. The van der Waals surface area contributed by atoms with Crippen molar-refractivity contribution in [2.45, 2.75) is 31.4 Å². The zero-order chi connectivity index (χ0) is 27.6. The fourth-order valence-corrected chi connectivity index (χ4v) is 5.81. The van der Waals surface area contributed by atoms with Crippen molar-refractivity contribution < 1.29 is 34.1 Å². The first-order chi connectivity index (χ1) is 18.2. The maximum Gasteiger partial charge on any atom is 0.278 e. The number of carboxylic acids is 1. The van der Waals surface area contributed by atoms with Crippen molar-refractivity contribution in [3.63, 3.8) is 0 Å². The lowest BCUT2D eigenvalue weighted by Gasteiger charge is -2.50. The number of nitrogen functional groups attached to an aromatic ring is 2. The molecule has 6 N–H and O–H groups in total. The second-order valence-corrected chi connectivity index (χ2v) is 10.1. The molecule has 1 fully saturated rings. The molecule has 0 radical (unpaired) electrons. The number of anilines is 2. The van der Waals surface area contributed by atoms with Gasteiger partial charge in [-0.05, 0) is 6.92 Å². The number of carbonyl (C=O) groups is 3. The molecule has 0 saturated carbocycles. The number of aliphatic hydroxyl groups is 1. The number of nitrogens with one attached hydrogen (secondary N) is 1. The number of rotatable bonds is 11. The van der Waals surface area contributed by atoms with Gasteiger partial charge in [0.05, 0.1) is 23.8 Å². The Hall–Kier alpha value is -3.96. The molecular weight excluding hydrogens is 538 g/mol. The molecule has 4 rings (SSSR count). The minimum absolute atomic E-state index is 0.0123. The van der Waals surface area contributed by atoms with Crippen LogP contribution in [-0.4, -0.2) is 77.9 Å². The number of carbonyl (C=O) groups excluding carboxylic acids is 3. The first kappa shape index (κ1) is 27.1. The number of carboxylic acid groups (broad SMARTS) is 1. The summed E-state index contributed by atoms with van der Waals surface area (Å²) in [4.78, 5) is 48.3. The number of thioether (sulfide) groups is 1. The summed E-state index contributed by atoms with van der Waals surface area (Å²) < 4.78 is 7.28. The summed E-state index contributed by atoms with van der Waals surface area (Å²) >= 11 is 2.14. The van der Waals surface area contributed by atoms with Crippen LogP contribution in [0.1, 0.15) is 11.4 Å². The number of hydrogen-bond donors (Lipinski definition) is 4. The number of nitrogens with zero attached hydrogens (tertiary/aromatic N) is 6. The highest BCUT2D eigenvalue weighted by Gasteiger charge is 2.53. The Morgan fingerprint density at radius 1 is 1.47 bits per heavy atom. The van der Waals surface area contributed by atoms with Gasteiger partial charge in [0, 0.05) is 22.9 Å². The molecular formula is C21H25N9O6S2. The molecule has 2 aliphatic heterocycles. The van der Waals surface area contributed by atoms with E-state index in [4.69, 9.17) is 16.3 Å². The van der Waals surface area contributed by atoms with Crippen LogP contribution < -0.4 is 26.6 Å². The van der Waals surface area contributed by atoms with Crippen LogP contribution in [0, 0.1) is 6.92 Å². The molecule has 0 bridgehead atoms. The first-order valence-corrected chi connectivity index (χ1v) is 13.1. The molecule has 15 nitrogen and oxygen atoms in total. The average Bonchev–Trinajstić information content (AvgIpc) is 3.42. The number of nitrogens with two attached hydrogens (primary N) is 2. The van der Waals surface area contributed by atoms with Gasteiger partial charge in [-0.3, -0.25) is 14.5 Å². The SMILES string of the molecule is C=CCON=C(C(=O)N[C@@H]1C(=O)N2C(C(=O)[O-])=C(C[n+]3cc(C)c(N)n3CCO)CS[C@H]12)c1nsc(N)n1. The average molecular weight is 564 g/mol. The van der Waals surface area contributed by atoms with Gasteiger partial charge in [0.1, 0.15) is 24.6 Å². The third-order valence-corrected chi connectivity index (χ3v) is 7.63. The van der Waals surface area contributed by atoms with Gasteiger partial charge in [0.25, 0.3) is 11.8 Å². The number of aliphatic hydroxyl groups excluding tert-OH is 1. The normalized spacial score (nSPS) is 19.2. The summed E-state index contributed by atoms with van der Waals surface area (Å²) in [5.41, 5.74) is 12.3. The second kappa shape index (κ2) is 11.2. The molecule has 0 spiro atoms. The highest BCUT2D eigenvalue weighted by Crippen LogP contribution is 2.40. The van der Waals surface area contributed by atoms with Crippen LogP contribution in [-0.2, 0) is 32.3 Å². The van der Waals surface area contributed by atoms with E-state index in [1.54, 1.807) is 22.5 Å². The van der Waals surface area contributed by atoms with Crippen molar-refractivity contribution >= 4 is 57.7 Å². The Balaban J connectivity index is 1.55. The van der Waals surface area contributed by atoms with E-state index >= 15 is 0 Å². The maximum absolute atomic E-state index is 13.1. The number of aromatic nitrogens is 4. The summed E-state index contributed by atoms with van der Waals surface area (Å²) in [6.45, 7) is 5.46. The molecule has 0 unspecified atom stereocenters. The number of oxime groups is 1. The molecule has 2 atom stereocenters. The van der Waals surface area contributed by atoms with E-state index in [0.29, 0.717) is 11.4 Å².